The molecule has 2 saturated carbocycles. The van der Waals surface area contributed by atoms with Crippen molar-refractivity contribution in [1.82, 2.24) is 15.0 Å². The first-order valence-electron chi connectivity index (χ1n) is 12.1. The van der Waals surface area contributed by atoms with E-state index in [1.54, 1.807) is 4.72 Å². The number of aromatic amines is 1. The van der Waals surface area contributed by atoms with Crippen LogP contribution >= 0.6 is 0 Å². The SMILES string of the molecule is CC1(C2CC2)C[C@H]1Nc1ncnc2[nH]cc(C(=O)c3c(F)ccc(NS(=O)(=O)c4cc(F)ccc4F)c3F)c12. The molecule has 0 radical (unpaired) electrons. The molecule has 6 rings (SSSR count). The summed E-state index contributed by atoms with van der Waals surface area (Å²) in [7, 11) is -4.83. The first kappa shape index (κ1) is 25.3. The highest BCUT2D eigenvalue weighted by Gasteiger charge is 2.58. The van der Waals surface area contributed by atoms with Crippen molar-refractivity contribution in [3.8, 4) is 0 Å². The average molecular weight is 560 g/mol. The highest BCUT2D eigenvalue weighted by Crippen LogP contribution is 2.61. The van der Waals surface area contributed by atoms with Gasteiger partial charge in [-0.05, 0) is 60.9 Å². The van der Waals surface area contributed by atoms with E-state index in [0.29, 0.717) is 36.0 Å². The molecule has 2 aromatic heterocycles. The van der Waals surface area contributed by atoms with Gasteiger partial charge in [0.15, 0.2) is 5.82 Å². The second-order valence-electron chi connectivity index (χ2n) is 10.1. The zero-order valence-corrected chi connectivity index (χ0v) is 21.2. The second kappa shape index (κ2) is 8.76. The van der Waals surface area contributed by atoms with Crippen molar-refractivity contribution in [2.75, 3.05) is 10.0 Å². The quantitative estimate of drug-likeness (QED) is 0.203. The topological polar surface area (TPSA) is 117 Å². The van der Waals surface area contributed by atoms with Gasteiger partial charge in [0, 0.05) is 12.2 Å². The standard InChI is InChI=1S/C26H21F4N5O3S/c1-26(12-2-3-12)9-19(26)34-25-20-14(10-31-24(20)32-11-33-25)23(36)21-16(29)6-7-17(22(21)30)35-39(37,38)18-8-13(27)4-5-15(18)28/h4-8,10-12,19,35H,2-3,9H2,1H3,(H2,31,32,33,34)/t19-,26?/m1/s1. The van der Waals surface area contributed by atoms with E-state index in [4.69, 9.17) is 0 Å². The number of halogens is 4. The molecule has 1 unspecified atom stereocenters. The smallest absolute Gasteiger partial charge is 0.265 e. The summed E-state index contributed by atoms with van der Waals surface area (Å²) in [5, 5.41) is 3.57. The minimum atomic E-state index is -4.83. The van der Waals surface area contributed by atoms with E-state index >= 15 is 4.39 Å². The van der Waals surface area contributed by atoms with E-state index in [-0.39, 0.29) is 28.1 Å². The molecule has 3 N–H and O–H groups in total. The summed E-state index contributed by atoms with van der Waals surface area (Å²) in [4.78, 5) is 23.6. The fourth-order valence-corrected chi connectivity index (χ4v) is 6.21. The molecule has 2 fully saturated rings. The Bertz CT molecular complexity index is 1770. The monoisotopic (exact) mass is 559 g/mol. The molecule has 2 aromatic carbocycles. The largest absolute Gasteiger partial charge is 0.366 e. The Balaban J connectivity index is 1.36. The second-order valence-corrected chi connectivity index (χ2v) is 11.8. The Morgan fingerprint density at radius 1 is 1.08 bits per heavy atom. The molecule has 0 aliphatic heterocycles. The minimum Gasteiger partial charge on any atom is -0.366 e. The number of nitrogens with one attached hydrogen (secondary N) is 3. The van der Waals surface area contributed by atoms with Crippen LogP contribution in [0.4, 0.5) is 29.1 Å². The van der Waals surface area contributed by atoms with Crippen LogP contribution in [0.3, 0.4) is 0 Å². The summed E-state index contributed by atoms with van der Waals surface area (Å²) >= 11 is 0. The van der Waals surface area contributed by atoms with Crippen LogP contribution in [0.1, 0.15) is 42.1 Å². The minimum absolute atomic E-state index is 0.114. The summed E-state index contributed by atoms with van der Waals surface area (Å²) < 4.78 is 85.1. The van der Waals surface area contributed by atoms with Crippen molar-refractivity contribution in [3.63, 3.8) is 0 Å². The predicted molar refractivity (Wildman–Crippen MR) is 134 cm³/mol. The molecule has 13 heteroatoms. The fourth-order valence-electron chi connectivity index (χ4n) is 5.06. The third kappa shape index (κ3) is 4.30. The van der Waals surface area contributed by atoms with Gasteiger partial charge in [0.25, 0.3) is 10.0 Å². The molecule has 8 nitrogen and oxygen atoms in total. The van der Waals surface area contributed by atoms with E-state index in [1.165, 1.54) is 12.5 Å². The maximum atomic E-state index is 15.5. The molecule has 0 saturated heterocycles. The van der Waals surface area contributed by atoms with E-state index in [1.807, 2.05) is 0 Å². The number of ketones is 1. The molecule has 0 spiro atoms. The molecule has 2 aliphatic rings. The highest BCUT2D eigenvalue weighted by atomic mass is 32.2. The van der Waals surface area contributed by atoms with Gasteiger partial charge in [0.1, 0.15) is 40.1 Å². The number of sulfonamides is 1. The molecule has 202 valence electrons. The number of rotatable bonds is 8. The van der Waals surface area contributed by atoms with Crippen molar-refractivity contribution < 1.29 is 30.8 Å². The van der Waals surface area contributed by atoms with Gasteiger partial charge in [-0.1, -0.05) is 6.92 Å². The number of hydrogen-bond acceptors (Lipinski definition) is 6. The van der Waals surface area contributed by atoms with Gasteiger partial charge >= 0.3 is 0 Å². The molecular weight excluding hydrogens is 538 g/mol. The Morgan fingerprint density at radius 2 is 1.82 bits per heavy atom. The number of H-pyrrole nitrogens is 1. The van der Waals surface area contributed by atoms with Crippen molar-refractivity contribution >= 4 is 38.3 Å². The maximum absolute atomic E-state index is 15.5. The number of nitrogens with zero attached hydrogens (tertiary/aromatic N) is 2. The first-order chi connectivity index (χ1) is 18.5. The van der Waals surface area contributed by atoms with Gasteiger partial charge in [0.05, 0.1) is 22.2 Å². The third-order valence-electron chi connectivity index (χ3n) is 7.56. The number of benzene rings is 2. The molecule has 4 aromatic rings. The third-order valence-corrected chi connectivity index (χ3v) is 8.94. The number of aromatic nitrogens is 3. The van der Waals surface area contributed by atoms with E-state index < -0.39 is 55.2 Å². The number of carbonyl (C=O) groups is 1. The Labute approximate surface area is 219 Å². The molecule has 0 bridgehead atoms. The van der Waals surface area contributed by atoms with Crippen molar-refractivity contribution in [3.05, 3.63) is 77.3 Å². The average Bonchev–Trinajstić information content (AvgIpc) is 3.80. The lowest BCUT2D eigenvalue weighted by Crippen LogP contribution is -2.18. The van der Waals surface area contributed by atoms with Gasteiger partial charge < -0.3 is 10.3 Å². The normalized spacial score (nSPS) is 20.7. The van der Waals surface area contributed by atoms with Crippen molar-refractivity contribution in [1.29, 1.82) is 0 Å². The van der Waals surface area contributed by atoms with Crippen LogP contribution in [0, 0.1) is 34.6 Å². The van der Waals surface area contributed by atoms with Gasteiger partial charge in [-0.3, -0.25) is 9.52 Å². The van der Waals surface area contributed by atoms with Gasteiger partial charge in [-0.25, -0.2) is 35.9 Å². The Kier molecular flexibility index (Phi) is 5.68. The zero-order valence-electron chi connectivity index (χ0n) is 20.4. The van der Waals surface area contributed by atoms with Crippen molar-refractivity contribution in [2.45, 2.75) is 37.1 Å². The summed E-state index contributed by atoms with van der Waals surface area (Å²) in [6.07, 6.45) is 5.79. The van der Waals surface area contributed by atoms with E-state index in [2.05, 4.69) is 27.2 Å². The number of anilines is 2. The van der Waals surface area contributed by atoms with Crippen LogP contribution in [-0.2, 0) is 10.0 Å². The zero-order chi connectivity index (χ0) is 27.7. The summed E-state index contributed by atoms with van der Waals surface area (Å²) in [6, 6.07) is 3.29. The molecule has 2 atom stereocenters. The molecule has 0 amide bonds. The van der Waals surface area contributed by atoms with Crippen LogP contribution in [0.2, 0.25) is 0 Å². The lowest BCUT2D eigenvalue weighted by atomic mass is 10.0. The molecule has 39 heavy (non-hydrogen) atoms. The number of hydrogen-bond donors (Lipinski definition) is 3. The van der Waals surface area contributed by atoms with Crippen LogP contribution < -0.4 is 10.0 Å². The predicted octanol–water partition coefficient (Wildman–Crippen LogP) is 5.15. The van der Waals surface area contributed by atoms with Gasteiger partial charge in [-0.15, -0.1) is 0 Å². The fraction of sp³-hybridized carbons (Fsp3) is 0.269. The summed E-state index contributed by atoms with van der Waals surface area (Å²) in [5.74, 6) is -5.23. The lowest BCUT2D eigenvalue weighted by molar-refractivity contribution is 0.103. The summed E-state index contributed by atoms with van der Waals surface area (Å²) in [5.41, 5.74) is -1.61. The molecular formula is C26H21F4N5O3S. The van der Waals surface area contributed by atoms with Crippen LogP contribution in [0.5, 0.6) is 0 Å². The Hall–Kier alpha value is -4.00. The summed E-state index contributed by atoms with van der Waals surface area (Å²) in [6.45, 7) is 2.18. The van der Waals surface area contributed by atoms with Crippen LogP contribution in [0.15, 0.2) is 47.8 Å². The molecule has 2 heterocycles. The van der Waals surface area contributed by atoms with Crippen LogP contribution in [0.25, 0.3) is 11.0 Å². The lowest BCUT2D eigenvalue weighted by Gasteiger charge is -2.13. The maximum Gasteiger partial charge on any atom is 0.265 e. The first-order valence-corrected chi connectivity index (χ1v) is 13.6. The Morgan fingerprint density at radius 3 is 2.56 bits per heavy atom. The number of carbonyl (C=O) groups excluding carboxylic acids is 1. The highest BCUT2D eigenvalue weighted by molar-refractivity contribution is 7.92. The van der Waals surface area contributed by atoms with E-state index in [9.17, 15) is 26.4 Å². The van der Waals surface area contributed by atoms with Gasteiger partial charge in [-0.2, -0.15) is 0 Å². The van der Waals surface area contributed by atoms with Gasteiger partial charge in [0.2, 0.25) is 5.78 Å². The van der Waals surface area contributed by atoms with Crippen molar-refractivity contribution in [2.24, 2.45) is 11.3 Å². The number of fused-ring (bicyclic) bond motifs is 1. The molecule has 2 aliphatic carbocycles. The van der Waals surface area contributed by atoms with Crippen LogP contribution in [-0.4, -0.2) is 35.2 Å². The van der Waals surface area contributed by atoms with E-state index in [0.717, 1.165) is 25.3 Å².